The van der Waals surface area contributed by atoms with Crippen LogP contribution in [0.25, 0.3) is 0 Å². The van der Waals surface area contributed by atoms with Gasteiger partial charge in [-0.3, -0.25) is 9.69 Å². The number of piperazine rings is 1. The highest BCUT2D eigenvalue weighted by atomic mass is 35.5. The van der Waals surface area contributed by atoms with Crippen LogP contribution in [0.4, 0.5) is 5.82 Å². The number of aromatic nitrogens is 2. The summed E-state index contributed by atoms with van der Waals surface area (Å²) >= 11 is 6.56. The number of amides is 1. The van der Waals surface area contributed by atoms with Crippen molar-refractivity contribution in [3.8, 4) is 11.8 Å². The maximum Gasteiger partial charge on any atom is 0.318 e. The second-order valence-electron chi connectivity index (χ2n) is 11.5. The topological polar surface area (TPSA) is 74.3 Å². The summed E-state index contributed by atoms with van der Waals surface area (Å²) in [5, 5.41) is 0.726. The molecule has 0 radical (unpaired) electrons. The molecule has 4 aliphatic rings. The second-order valence-corrected chi connectivity index (χ2v) is 11.9. The average Bonchev–Trinajstić information content (AvgIpc) is 3.56. The van der Waals surface area contributed by atoms with Gasteiger partial charge in [0.15, 0.2) is 0 Å². The molecule has 3 atom stereocenters. The fourth-order valence-electron chi connectivity index (χ4n) is 6.86. The lowest BCUT2D eigenvalue weighted by molar-refractivity contribution is -0.133. The van der Waals surface area contributed by atoms with E-state index in [0.29, 0.717) is 31.7 Å². The molecule has 3 fully saturated rings. The third-order valence-electron chi connectivity index (χ3n) is 8.98. The number of ether oxygens (including phenoxy) is 2. The molecule has 5 heterocycles. The van der Waals surface area contributed by atoms with Crippen LogP contribution in [0.3, 0.4) is 0 Å². The minimum absolute atomic E-state index is 0.0355. The second kappa shape index (κ2) is 11.5. The Morgan fingerprint density at radius 3 is 2.65 bits per heavy atom. The van der Waals surface area contributed by atoms with Crippen LogP contribution in [-0.4, -0.2) is 89.1 Å². The zero-order chi connectivity index (χ0) is 27.8. The van der Waals surface area contributed by atoms with Crippen molar-refractivity contribution in [3.05, 3.63) is 52.7 Å². The summed E-state index contributed by atoms with van der Waals surface area (Å²) in [6.07, 6.45) is 6.92. The average molecular weight is 567 g/mol. The molecule has 2 aromatic rings. The van der Waals surface area contributed by atoms with Crippen LogP contribution in [0.5, 0.6) is 11.8 Å². The monoisotopic (exact) mass is 566 g/mol. The number of likely N-dealkylation sites (tertiary alicyclic amines) is 1. The van der Waals surface area contributed by atoms with Crippen LogP contribution < -0.4 is 14.4 Å². The van der Waals surface area contributed by atoms with E-state index < -0.39 is 0 Å². The fraction of sp³-hybridized carbons (Fsp3) is 0.567. The van der Waals surface area contributed by atoms with Crippen molar-refractivity contribution < 1.29 is 14.3 Å². The number of benzene rings is 1. The quantitative estimate of drug-likeness (QED) is 0.446. The maximum absolute atomic E-state index is 12.7. The Balaban J connectivity index is 1.27. The van der Waals surface area contributed by atoms with Crippen molar-refractivity contribution in [1.82, 2.24) is 24.7 Å². The van der Waals surface area contributed by atoms with Crippen LogP contribution in [0.2, 0.25) is 5.02 Å². The van der Waals surface area contributed by atoms with E-state index in [4.69, 9.17) is 31.0 Å². The molecule has 1 aromatic heterocycles. The van der Waals surface area contributed by atoms with Gasteiger partial charge < -0.3 is 24.2 Å². The van der Waals surface area contributed by atoms with Gasteiger partial charge in [0.25, 0.3) is 0 Å². The van der Waals surface area contributed by atoms with Crippen molar-refractivity contribution in [2.24, 2.45) is 0 Å². The van der Waals surface area contributed by atoms with E-state index in [1.165, 1.54) is 12.5 Å². The first kappa shape index (κ1) is 27.3. The number of hydrogen-bond donors (Lipinski definition) is 0. The number of anilines is 1. The van der Waals surface area contributed by atoms with Crippen LogP contribution in [0.15, 0.2) is 30.9 Å². The van der Waals surface area contributed by atoms with Gasteiger partial charge in [-0.2, -0.15) is 9.97 Å². The molecule has 3 saturated heterocycles. The Kier molecular flexibility index (Phi) is 7.88. The zero-order valence-electron chi connectivity index (χ0n) is 23.5. The van der Waals surface area contributed by atoms with E-state index in [1.807, 2.05) is 18.2 Å². The summed E-state index contributed by atoms with van der Waals surface area (Å²) in [5.74, 6) is 1.78. The van der Waals surface area contributed by atoms with Crippen LogP contribution in [-0.2, 0) is 24.4 Å². The Labute approximate surface area is 241 Å². The number of likely N-dealkylation sites (N-methyl/N-ethyl adjacent to an activating group) is 1. The fourth-order valence-corrected chi connectivity index (χ4v) is 7.04. The first-order valence-electron chi connectivity index (χ1n) is 14.4. The summed E-state index contributed by atoms with van der Waals surface area (Å²) in [4.78, 5) is 31.8. The first-order chi connectivity index (χ1) is 19.4. The molecular weight excluding hydrogens is 528 g/mol. The smallest absolute Gasteiger partial charge is 0.318 e. The molecule has 214 valence electrons. The summed E-state index contributed by atoms with van der Waals surface area (Å²) in [6.45, 7) is 9.05. The van der Waals surface area contributed by atoms with Crippen LogP contribution in [0, 0.1) is 0 Å². The molecule has 0 saturated carbocycles. The molecule has 0 aliphatic carbocycles. The van der Waals surface area contributed by atoms with Gasteiger partial charge in [-0.15, -0.1) is 0 Å². The highest BCUT2D eigenvalue weighted by Gasteiger charge is 2.41. The summed E-state index contributed by atoms with van der Waals surface area (Å²) in [6, 6.07) is 6.93. The molecule has 1 amide bonds. The van der Waals surface area contributed by atoms with Gasteiger partial charge >= 0.3 is 6.01 Å². The summed E-state index contributed by atoms with van der Waals surface area (Å²) < 4.78 is 11.7. The number of halogens is 1. The largest absolute Gasteiger partial charge is 0.497 e. The summed E-state index contributed by atoms with van der Waals surface area (Å²) in [7, 11) is 3.82. The van der Waals surface area contributed by atoms with Gasteiger partial charge in [0.05, 0.1) is 12.8 Å². The number of nitrogens with zero attached hydrogens (tertiary/aromatic N) is 6. The number of carbonyl (C=O) groups is 1. The highest BCUT2D eigenvalue weighted by Crippen LogP contribution is 2.37. The molecule has 2 bridgehead atoms. The van der Waals surface area contributed by atoms with Gasteiger partial charge in [-0.1, -0.05) is 18.2 Å². The number of rotatable bonds is 8. The normalized spacial score (nSPS) is 24.7. The molecule has 4 aliphatic heterocycles. The van der Waals surface area contributed by atoms with Crippen LogP contribution in [0.1, 0.15) is 48.9 Å². The molecule has 1 aromatic carbocycles. The molecular formula is C30H39ClN6O3. The Hall–Kier alpha value is -2.88. The minimum atomic E-state index is 0.0355. The molecule has 10 heteroatoms. The SMILES string of the molecule is C=CC(=O)N1C2CCCC1CN(c1nc(OC[C@@H]3CCCN3C)nc3c1CN(Cc1cc(OC)ccc1Cl)C3)C2. The molecule has 6 rings (SSSR count). The Morgan fingerprint density at radius 1 is 1.15 bits per heavy atom. The van der Waals surface area contributed by atoms with Gasteiger partial charge in [0.1, 0.15) is 18.2 Å². The van der Waals surface area contributed by atoms with E-state index in [-0.39, 0.29) is 18.0 Å². The lowest BCUT2D eigenvalue weighted by Crippen LogP contribution is -2.62. The molecule has 0 spiro atoms. The van der Waals surface area contributed by atoms with Gasteiger partial charge in [-0.25, -0.2) is 0 Å². The lowest BCUT2D eigenvalue weighted by Gasteiger charge is -2.50. The number of hydrogen-bond acceptors (Lipinski definition) is 8. The molecule has 2 unspecified atom stereocenters. The molecule has 9 nitrogen and oxygen atoms in total. The van der Waals surface area contributed by atoms with Gasteiger partial charge in [-0.05, 0) is 75.5 Å². The van der Waals surface area contributed by atoms with Gasteiger partial charge in [0.2, 0.25) is 5.91 Å². The van der Waals surface area contributed by atoms with Crippen molar-refractivity contribution in [1.29, 1.82) is 0 Å². The van der Waals surface area contributed by atoms with E-state index in [2.05, 4.69) is 33.2 Å². The summed E-state index contributed by atoms with van der Waals surface area (Å²) in [5.41, 5.74) is 3.18. The van der Waals surface area contributed by atoms with E-state index in [9.17, 15) is 4.79 Å². The van der Waals surface area contributed by atoms with Crippen molar-refractivity contribution in [3.63, 3.8) is 0 Å². The van der Waals surface area contributed by atoms with E-state index in [0.717, 1.165) is 85.3 Å². The minimum Gasteiger partial charge on any atom is -0.497 e. The Morgan fingerprint density at radius 2 is 1.95 bits per heavy atom. The maximum atomic E-state index is 12.7. The zero-order valence-corrected chi connectivity index (χ0v) is 24.3. The standard InChI is InChI=1S/C30H39ClN6O3/c1-4-28(38)37-21-7-5-8-22(37)16-36(15-21)29-25-17-35(14-20-13-24(39-3)10-11-26(20)31)18-27(25)32-30(33-29)40-19-23-9-6-12-34(23)2/h4,10-11,13,21-23H,1,5-9,12,14-19H2,2-3H3/t21?,22?,23-/m0/s1. The van der Waals surface area contributed by atoms with E-state index in [1.54, 1.807) is 7.11 Å². The lowest BCUT2D eigenvalue weighted by atomic mass is 9.90. The van der Waals surface area contributed by atoms with Gasteiger partial charge in [0, 0.05) is 61.4 Å². The Bertz CT molecular complexity index is 1260. The van der Waals surface area contributed by atoms with Crippen molar-refractivity contribution >= 4 is 23.3 Å². The van der Waals surface area contributed by atoms with Crippen molar-refractivity contribution in [2.75, 3.05) is 45.3 Å². The van der Waals surface area contributed by atoms with Crippen molar-refractivity contribution in [2.45, 2.75) is 69.9 Å². The predicted octanol–water partition coefficient (Wildman–Crippen LogP) is 3.88. The third kappa shape index (κ3) is 5.39. The third-order valence-corrected chi connectivity index (χ3v) is 9.35. The van der Waals surface area contributed by atoms with E-state index >= 15 is 0 Å². The predicted molar refractivity (Wildman–Crippen MR) is 155 cm³/mol. The molecule has 40 heavy (non-hydrogen) atoms. The molecule has 0 N–H and O–H groups in total. The number of methoxy groups -OCH3 is 1. The number of carbonyl (C=O) groups excluding carboxylic acids is 1. The van der Waals surface area contributed by atoms with Crippen LogP contribution >= 0.6 is 11.6 Å². The highest BCUT2D eigenvalue weighted by molar-refractivity contribution is 6.31. The first-order valence-corrected chi connectivity index (χ1v) is 14.8. The number of piperidine rings is 1. The number of fused-ring (bicyclic) bond motifs is 3.